The summed E-state index contributed by atoms with van der Waals surface area (Å²) in [6.45, 7) is 3.93. The molecule has 156 valence electrons. The predicted molar refractivity (Wildman–Crippen MR) is 101 cm³/mol. The second-order valence-electron chi connectivity index (χ2n) is 6.76. The van der Waals surface area contributed by atoms with Gasteiger partial charge in [-0.25, -0.2) is 9.59 Å². The highest BCUT2D eigenvalue weighted by Crippen LogP contribution is 2.29. The van der Waals surface area contributed by atoms with Crippen LogP contribution in [-0.2, 0) is 33.4 Å². The smallest absolute Gasteiger partial charge is 0.376 e. The standard InChI is InChI=1S/C19H32O7S/c1-4-6-7-8-9-10-11-12-13-14-15-16(18(20)24-5-2)17(19(21)25-15)26-27(3,22)23/h15H,4-14H2,1-3H3/t15-/m1/s1. The minimum atomic E-state index is -3.95. The molecule has 0 saturated carbocycles. The topological polar surface area (TPSA) is 96.0 Å². The van der Waals surface area contributed by atoms with E-state index in [9.17, 15) is 18.0 Å². The molecule has 1 aliphatic heterocycles. The summed E-state index contributed by atoms with van der Waals surface area (Å²) in [4.78, 5) is 24.1. The van der Waals surface area contributed by atoms with Crippen LogP contribution in [0.4, 0.5) is 0 Å². The molecular formula is C19H32O7S. The molecule has 0 radical (unpaired) electrons. The van der Waals surface area contributed by atoms with Crippen LogP contribution in [0.25, 0.3) is 0 Å². The molecule has 0 aliphatic carbocycles. The molecule has 0 saturated heterocycles. The third-order valence-corrected chi connectivity index (χ3v) is 4.77. The maximum atomic E-state index is 12.2. The van der Waals surface area contributed by atoms with Crippen LogP contribution < -0.4 is 0 Å². The summed E-state index contributed by atoms with van der Waals surface area (Å²) >= 11 is 0. The van der Waals surface area contributed by atoms with E-state index in [0.29, 0.717) is 6.42 Å². The Morgan fingerprint density at radius 3 is 2.07 bits per heavy atom. The van der Waals surface area contributed by atoms with Gasteiger partial charge in [0.25, 0.3) is 0 Å². The zero-order valence-electron chi connectivity index (χ0n) is 16.6. The van der Waals surface area contributed by atoms with Gasteiger partial charge in [-0.3, -0.25) is 0 Å². The molecule has 7 nitrogen and oxygen atoms in total. The third-order valence-electron chi connectivity index (χ3n) is 4.30. The molecule has 0 bridgehead atoms. The average molecular weight is 405 g/mol. The monoisotopic (exact) mass is 404 g/mol. The van der Waals surface area contributed by atoms with Crippen molar-refractivity contribution >= 4 is 22.1 Å². The van der Waals surface area contributed by atoms with E-state index in [1.54, 1.807) is 6.92 Å². The van der Waals surface area contributed by atoms with Crippen molar-refractivity contribution in [1.29, 1.82) is 0 Å². The molecule has 0 fully saturated rings. The molecule has 1 aliphatic rings. The lowest BCUT2D eigenvalue weighted by molar-refractivity contribution is -0.143. The molecule has 0 amide bonds. The van der Waals surface area contributed by atoms with E-state index < -0.39 is 33.9 Å². The summed E-state index contributed by atoms with van der Waals surface area (Å²) in [6, 6.07) is 0. The summed E-state index contributed by atoms with van der Waals surface area (Å²) in [7, 11) is -3.95. The Kier molecular flexibility index (Phi) is 10.4. The lowest BCUT2D eigenvalue weighted by Crippen LogP contribution is -2.20. The van der Waals surface area contributed by atoms with Crippen LogP contribution in [0.1, 0.15) is 78.1 Å². The van der Waals surface area contributed by atoms with Crippen molar-refractivity contribution in [3.8, 4) is 0 Å². The van der Waals surface area contributed by atoms with Gasteiger partial charge in [0.05, 0.1) is 12.9 Å². The highest BCUT2D eigenvalue weighted by atomic mass is 32.2. The Morgan fingerprint density at radius 2 is 1.56 bits per heavy atom. The zero-order chi connectivity index (χ0) is 20.3. The Labute approximate surface area is 162 Å². The number of esters is 2. The van der Waals surface area contributed by atoms with Crippen LogP contribution in [0.15, 0.2) is 11.3 Å². The normalized spacial score (nSPS) is 17.1. The molecule has 0 spiro atoms. The van der Waals surface area contributed by atoms with Crippen molar-refractivity contribution in [2.75, 3.05) is 12.9 Å². The van der Waals surface area contributed by atoms with Crippen molar-refractivity contribution in [1.82, 2.24) is 0 Å². The minimum Gasteiger partial charge on any atom is -0.462 e. The summed E-state index contributed by atoms with van der Waals surface area (Å²) in [5.74, 6) is -2.29. The first kappa shape index (κ1) is 23.5. The second kappa shape index (κ2) is 12.0. The van der Waals surface area contributed by atoms with E-state index >= 15 is 0 Å². The second-order valence-corrected chi connectivity index (χ2v) is 8.34. The van der Waals surface area contributed by atoms with Crippen LogP contribution in [0, 0.1) is 0 Å². The van der Waals surface area contributed by atoms with Crippen molar-refractivity contribution in [3.63, 3.8) is 0 Å². The highest BCUT2D eigenvalue weighted by Gasteiger charge is 2.42. The first-order valence-electron chi connectivity index (χ1n) is 9.81. The maximum Gasteiger partial charge on any atom is 0.376 e. The molecule has 0 aromatic rings. The number of carbonyl (C=O) groups excluding carboxylic acids is 2. The predicted octanol–water partition coefficient (Wildman–Crippen LogP) is 3.63. The third kappa shape index (κ3) is 8.77. The quantitative estimate of drug-likeness (QED) is 0.248. The van der Waals surface area contributed by atoms with E-state index in [1.807, 2.05) is 0 Å². The molecule has 1 heterocycles. The Balaban J connectivity index is 2.55. The minimum absolute atomic E-state index is 0.105. The number of cyclic esters (lactones) is 1. The molecular weight excluding hydrogens is 372 g/mol. The van der Waals surface area contributed by atoms with Crippen LogP contribution in [0.2, 0.25) is 0 Å². The van der Waals surface area contributed by atoms with Gasteiger partial charge in [-0.2, -0.15) is 8.42 Å². The number of rotatable bonds is 14. The Morgan fingerprint density at radius 1 is 1.00 bits per heavy atom. The Bertz CT molecular complexity index is 622. The summed E-state index contributed by atoms with van der Waals surface area (Å²) < 4.78 is 37.5. The van der Waals surface area contributed by atoms with Crippen molar-refractivity contribution < 1.29 is 31.7 Å². The fourth-order valence-corrected chi connectivity index (χ4v) is 3.47. The summed E-state index contributed by atoms with van der Waals surface area (Å²) in [5.41, 5.74) is -0.133. The van der Waals surface area contributed by atoms with Gasteiger partial charge in [0.2, 0.25) is 5.76 Å². The molecule has 0 aromatic heterocycles. The molecule has 0 aromatic carbocycles. The van der Waals surface area contributed by atoms with E-state index in [-0.39, 0.29) is 12.2 Å². The first-order chi connectivity index (χ1) is 12.8. The van der Waals surface area contributed by atoms with Crippen molar-refractivity contribution in [3.05, 3.63) is 11.3 Å². The fraction of sp³-hybridized carbons (Fsp3) is 0.789. The molecule has 8 heteroatoms. The van der Waals surface area contributed by atoms with Gasteiger partial charge >= 0.3 is 22.1 Å². The molecule has 0 unspecified atom stereocenters. The number of hydrogen-bond donors (Lipinski definition) is 0. The largest absolute Gasteiger partial charge is 0.462 e. The molecule has 27 heavy (non-hydrogen) atoms. The van der Waals surface area contributed by atoms with Gasteiger partial charge < -0.3 is 13.7 Å². The highest BCUT2D eigenvalue weighted by molar-refractivity contribution is 7.86. The lowest BCUT2D eigenvalue weighted by atomic mass is 10.0. The molecule has 1 rings (SSSR count). The van der Waals surface area contributed by atoms with Gasteiger partial charge in [-0.05, 0) is 19.8 Å². The molecule has 0 N–H and O–H groups in total. The zero-order valence-corrected chi connectivity index (χ0v) is 17.4. The van der Waals surface area contributed by atoms with E-state index in [2.05, 4.69) is 11.1 Å². The van der Waals surface area contributed by atoms with Gasteiger partial charge in [0.1, 0.15) is 11.7 Å². The lowest BCUT2D eigenvalue weighted by Gasteiger charge is -2.12. The van der Waals surface area contributed by atoms with Crippen LogP contribution in [0.3, 0.4) is 0 Å². The average Bonchev–Trinajstić information content (AvgIpc) is 2.87. The van der Waals surface area contributed by atoms with Gasteiger partial charge in [0, 0.05) is 0 Å². The fourth-order valence-electron chi connectivity index (χ4n) is 3.00. The Hall–Kier alpha value is -1.57. The first-order valence-corrected chi connectivity index (χ1v) is 11.6. The SMILES string of the molecule is CCCCCCCCCCC[C@H]1OC(=O)C(OS(C)(=O)=O)=C1C(=O)OCC. The van der Waals surface area contributed by atoms with E-state index in [4.69, 9.17) is 9.47 Å². The number of carbonyl (C=O) groups is 2. The van der Waals surface area contributed by atoms with Gasteiger partial charge in [0.15, 0.2) is 0 Å². The van der Waals surface area contributed by atoms with Crippen molar-refractivity contribution in [2.45, 2.75) is 84.2 Å². The summed E-state index contributed by atoms with van der Waals surface area (Å²) in [5, 5.41) is 0. The number of unbranched alkanes of at least 4 members (excludes halogenated alkanes) is 8. The van der Waals surface area contributed by atoms with Crippen LogP contribution >= 0.6 is 0 Å². The molecule has 1 atom stereocenters. The summed E-state index contributed by atoms with van der Waals surface area (Å²) in [6.07, 6.45) is 10.7. The van der Waals surface area contributed by atoms with E-state index in [1.165, 1.54) is 32.1 Å². The van der Waals surface area contributed by atoms with E-state index in [0.717, 1.165) is 31.9 Å². The van der Waals surface area contributed by atoms with Gasteiger partial charge in [-0.15, -0.1) is 0 Å². The van der Waals surface area contributed by atoms with Crippen LogP contribution in [-0.4, -0.2) is 39.3 Å². The van der Waals surface area contributed by atoms with Gasteiger partial charge in [-0.1, -0.05) is 58.3 Å². The van der Waals surface area contributed by atoms with Crippen LogP contribution in [0.5, 0.6) is 0 Å². The number of ether oxygens (including phenoxy) is 2. The maximum absolute atomic E-state index is 12.2. The van der Waals surface area contributed by atoms with Crippen molar-refractivity contribution in [2.24, 2.45) is 0 Å². The number of hydrogen-bond acceptors (Lipinski definition) is 7.